The van der Waals surface area contributed by atoms with Gasteiger partial charge in [0.1, 0.15) is 0 Å². The maximum atomic E-state index is 5.11. The Hall–Kier alpha value is -0.120. The SMILES string of the molecule is COCCN1C(C)CN(C)CC1C. The molecule has 1 aliphatic heterocycles. The predicted octanol–water partition coefficient (Wildman–Crippen LogP) is 0.657. The maximum absolute atomic E-state index is 5.11. The molecule has 0 amide bonds. The molecule has 1 aliphatic rings. The van der Waals surface area contributed by atoms with Crippen molar-refractivity contribution in [3.05, 3.63) is 0 Å². The molecule has 0 aromatic carbocycles. The summed E-state index contributed by atoms with van der Waals surface area (Å²) in [6.07, 6.45) is 0. The Bertz CT molecular complexity index is 140. The van der Waals surface area contributed by atoms with Gasteiger partial charge in [0.25, 0.3) is 0 Å². The minimum absolute atomic E-state index is 0.656. The van der Waals surface area contributed by atoms with Gasteiger partial charge < -0.3 is 9.64 Å². The van der Waals surface area contributed by atoms with E-state index in [0.717, 1.165) is 13.2 Å². The minimum atomic E-state index is 0.656. The first-order valence-corrected chi connectivity index (χ1v) is 5.08. The molecule has 0 spiro atoms. The molecule has 0 radical (unpaired) electrons. The Labute approximate surface area is 81.7 Å². The number of nitrogens with zero attached hydrogens (tertiary/aromatic N) is 2. The summed E-state index contributed by atoms with van der Waals surface area (Å²) < 4.78 is 5.11. The normalized spacial score (nSPS) is 32.3. The second-order valence-corrected chi connectivity index (χ2v) is 4.15. The molecule has 1 saturated heterocycles. The molecule has 0 bridgehead atoms. The average Bonchev–Trinajstić information content (AvgIpc) is 2.02. The van der Waals surface area contributed by atoms with Crippen LogP contribution in [0.1, 0.15) is 13.8 Å². The molecule has 1 rings (SSSR count). The van der Waals surface area contributed by atoms with Gasteiger partial charge in [0.15, 0.2) is 0 Å². The topological polar surface area (TPSA) is 15.7 Å². The molecule has 3 heteroatoms. The van der Waals surface area contributed by atoms with Crippen molar-refractivity contribution >= 4 is 0 Å². The Morgan fingerprint density at radius 1 is 1.23 bits per heavy atom. The molecule has 3 nitrogen and oxygen atoms in total. The van der Waals surface area contributed by atoms with E-state index in [2.05, 4.69) is 30.7 Å². The molecule has 2 unspecified atom stereocenters. The van der Waals surface area contributed by atoms with Crippen LogP contribution in [0.5, 0.6) is 0 Å². The van der Waals surface area contributed by atoms with Crippen LogP contribution < -0.4 is 0 Å². The fraction of sp³-hybridized carbons (Fsp3) is 1.00. The molecule has 1 heterocycles. The van der Waals surface area contributed by atoms with Gasteiger partial charge in [-0.05, 0) is 20.9 Å². The molecule has 0 aromatic heterocycles. The molecule has 0 N–H and O–H groups in total. The quantitative estimate of drug-likeness (QED) is 0.644. The van der Waals surface area contributed by atoms with Crippen molar-refractivity contribution in [3.63, 3.8) is 0 Å². The van der Waals surface area contributed by atoms with E-state index < -0.39 is 0 Å². The lowest BCUT2D eigenvalue weighted by Crippen LogP contribution is -2.56. The first-order valence-electron chi connectivity index (χ1n) is 5.08. The van der Waals surface area contributed by atoms with Crippen molar-refractivity contribution in [1.29, 1.82) is 0 Å². The standard InChI is InChI=1S/C10H22N2O/c1-9-7-11(3)8-10(2)12(9)5-6-13-4/h9-10H,5-8H2,1-4H3. The van der Waals surface area contributed by atoms with E-state index in [1.165, 1.54) is 13.1 Å². The summed E-state index contributed by atoms with van der Waals surface area (Å²) in [5.74, 6) is 0. The van der Waals surface area contributed by atoms with Crippen LogP contribution in [-0.2, 0) is 4.74 Å². The number of hydrogen-bond acceptors (Lipinski definition) is 3. The Morgan fingerprint density at radius 3 is 2.23 bits per heavy atom. The smallest absolute Gasteiger partial charge is 0.0589 e. The molecule has 0 aromatic rings. The van der Waals surface area contributed by atoms with E-state index in [1.54, 1.807) is 7.11 Å². The van der Waals surface area contributed by atoms with Crippen molar-refractivity contribution in [2.24, 2.45) is 0 Å². The van der Waals surface area contributed by atoms with Gasteiger partial charge in [-0.2, -0.15) is 0 Å². The molecule has 78 valence electrons. The zero-order chi connectivity index (χ0) is 9.84. The van der Waals surface area contributed by atoms with Crippen molar-refractivity contribution in [2.45, 2.75) is 25.9 Å². The van der Waals surface area contributed by atoms with Crippen LogP contribution in [0.3, 0.4) is 0 Å². The largest absolute Gasteiger partial charge is 0.383 e. The summed E-state index contributed by atoms with van der Waals surface area (Å²) in [5, 5.41) is 0. The van der Waals surface area contributed by atoms with E-state index in [0.29, 0.717) is 12.1 Å². The second kappa shape index (κ2) is 4.94. The van der Waals surface area contributed by atoms with Crippen LogP contribution in [0.2, 0.25) is 0 Å². The second-order valence-electron chi connectivity index (χ2n) is 4.15. The van der Waals surface area contributed by atoms with Crippen LogP contribution in [0.4, 0.5) is 0 Å². The zero-order valence-corrected chi connectivity index (χ0v) is 9.29. The summed E-state index contributed by atoms with van der Waals surface area (Å²) in [7, 11) is 3.96. The fourth-order valence-electron chi connectivity index (χ4n) is 2.26. The van der Waals surface area contributed by atoms with Crippen molar-refractivity contribution in [3.8, 4) is 0 Å². The molecule has 0 aliphatic carbocycles. The lowest BCUT2D eigenvalue weighted by Gasteiger charge is -2.43. The highest BCUT2D eigenvalue weighted by molar-refractivity contribution is 4.83. The maximum Gasteiger partial charge on any atom is 0.0589 e. The molecule has 2 atom stereocenters. The first kappa shape index (κ1) is 11.0. The predicted molar refractivity (Wildman–Crippen MR) is 55.0 cm³/mol. The summed E-state index contributed by atoms with van der Waals surface area (Å²) in [6, 6.07) is 1.31. The zero-order valence-electron chi connectivity index (χ0n) is 9.29. The van der Waals surface area contributed by atoms with Gasteiger partial charge in [0, 0.05) is 38.8 Å². The number of likely N-dealkylation sites (N-methyl/N-ethyl adjacent to an activating group) is 1. The van der Waals surface area contributed by atoms with E-state index in [9.17, 15) is 0 Å². The fourth-order valence-corrected chi connectivity index (χ4v) is 2.26. The van der Waals surface area contributed by atoms with Crippen molar-refractivity contribution in [2.75, 3.05) is 40.4 Å². The van der Waals surface area contributed by atoms with E-state index >= 15 is 0 Å². The van der Waals surface area contributed by atoms with Crippen LogP contribution in [0.25, 0.3) is 0 Å². The van der Waals surface area contributed by atoms with Gasteiger partial charge in [0.05, 0.1) is 6.61 Å². The highest BCUT2D eigenvalue weighted by Gasteiger charge is 2.26. The lowest BCUT2D eigenvalue weighted by atomic mass is 10.1. The van der Waals surface area contributed by atoms with Crippen LogP contribution in [0.15, 0.2) is 0 Å². The highest BCUT2D eigenvalue weighted by atomic mass is 16.5. The third-order valence-corrected chi connectivity index (χ3v) is 2.84. The van der Waals surface area contributed by atoms with Gasteiger partial charge >= 0.3 is 0 Å². The molecule has 13 heavy (non-hydrogen) atoms. The minimum Gasteiger partial charge on any atom is -0.383 e. The number of rotatable bonds is 3. The van der Waals surface area contributed by atoms with E-state index in [1.807, 2.05) is 0 Å². The first-order chi connectivity index (χ1) is 6.15. The van der Waals surface area contributed by atoms with Gasteiger partial charge in [0.2, 0.25) is 0 Å². The van der Waals surface area contributed by atoms with Crippen LogP contribution in [0, 0.1) is 0 Å². The molecular formula is C10H22N2O. The van der Waals surface area contributed by atoms with Crippen LogP contribution >= 0.6 is 0 Å². The third kappa shape index (κ3) is 2.93. The van der Waals surface area contributed by atoms with Gasteiger partial charge in [-0.25, -0.2) is 0 Å². The number of ether oxygens (including phenoxy) is 1. The summed E-state index contributed by atoms with van der Waals surface area (Å²) in [6.45, 7) is 8.84. The van der Waals surface area contributed by atoms with Gasteiger partial charge in [-0.15, -0.1) is 0 Å². The summed E-state index contributed by atoms with van der Waals surface area (Å²) in [4.78, 5) is 4.93. The number of piperazine rings is 1. The van der Waals surface area contributed by atoms with E-state index in [-0.39, 0.29) is 0 Å². The summed E-state index contributed by atoms with van der Waals surface area (Å²) >= 11 is 0. The molecular weight excluding hydrogens is 164 g/mol. The van der Waals surface area contributed by atoms with E-state index in [4.69, 9.17) is 4.74 Å². The number of hydrogen-bond donors (Lipinski definition) is 0. The number of methoxy groups -OCH3 is 1. The summed E-state index contributed by atoms with van der Waals surface area (Å²) in [5.41, 5.74) is 0. The van der Waals surface area contributed by atoms with Gasteiger partial charge in [-0.3, -0.25) is 4.90 Å². The monoisotopic (exact) mass is 186 g/mol. The van der Waals surface area contributed by atoms with Crippen molar-refractivity contribution in [1.82, 2.24) is 9.80 Å². The average molecular weight is 186 g/mol. The van der Waals surface area contributed by atoms with Crippen molar-refractivity contribution < 1.29 is 4.74 Å². The molecule has 1 fully saturated rings. The Kier molecular flexibility index (Phi) is 4.16. The lowest BCUT2D eigenvalue weighted by molar-refractivity contribution is 0.0313. The third-order valence-electron chi connectivity index (χ3n) is 2.84. The van der Waals surface area contributed by atoms with Crippen LogP contribution in [-0.4, -0.2) is 62.3 Å². The molecule has 0 saturated carbocycles. The van der Waals surface area contributed by atoms with Gasteiger partial charge in [-0.1, -0.05) is 0 Å². The Morgan fingerprint density at radius 2 is 1.77 bits per heavy atom. The Balaban J connectivity index is 2.41. The highest BCUT2D eigenvalue weighted by Crippen LogP contribution is 2.13.